The van der Waals surface area contributed by atoms with E-state index in [-0.39, 0.29) is 11.9 Å². The van der Waals surface area contributed by atoms with Crippen LogP contribution in [-0.4, -0.2) is 40.0 Å². The van der Waals surface area contributed by atoms with Crippen molar-refractivity contribution >= 4 is 28.3 Å². The maximum Gasteiger partial charge on any atom is 0.222 e. The summed E-state index contributed by atoms with van der Waals surface area (Å²) in [7, 11) is 0. The Morgan fingerprint density at radius 3 is 2.84 bits per heavy atom. The highest BCUT2D eigenvalue weighted by Gasteiger charge is 2.27. The third-order valence-corrected chi connectivity index (χ3v) is 4.80. The SMILES string of the molecule is CC(=O)N1CCCC1COc1ncc(C(C)(C)N)c2cc(Cl)ncc12. The fourth-order valence-electron chi connectivity index (χ4n) is 3.31. The minimum Gasteiger partial charge on any atom is -0.475 e. The van der Waals surface area contributed by atoms with Crippen LogP contribution in [0.4, 0.5) is 0 Å². The Hall–Kier alpha value is -1.92. The molecule has 1 amide bonds. The molecule has 1 atom stereocenters. The third-order valence-electron chi connectivity index (χ3n) is 4.59. The first kappa shape index (κ1) is 17.9. The maximum atomic E-state index is 11.7. The summed E-state index contributed by atoms with van der Waals surface area (Å²) in [5, 5.41) is 2.05. The molecule has 0 aliphatic carbocycles. The Morgan fingerprint density at radius 1 is 1.40 bits per heavy atom. The van der Waals surface area contributed by atoms with E-state index in [2.05, 4.69) is 9.97 Å². The van der Waals surface area contributed by atoms with E-state index in [9.17, 15) is 4.79 Å². The number of hydrogen-bond donors (Lipinski definition) is 1. The van der Waals surface area contributed by atoms with Crippen molar-refractivity contribution in [2.45, 2.75) is 45.2 Å². The Labute approximate surface area is 152 Å². The van der Waals surface area contributed by atoms with E-state index in [0.29, 0.717) is 17.6 Å². The van der Waals surface area contributed by atoms with Gasteiger partial charge in [-0.2, -0.15) is 0 Å². The summed E-state index contributed by atoms with van der Waals surface area (Å²) in [6, 6.07) is 1.87. The van der Waals surface area contributed by atoms with Crippen molar-refractivity contribution in [1.29, 1.82) is 0 Å². The summed E-state index contributed by atoms with van der Waals surface area (Å²) in [5.41, 5.74) is 6.58. The number of pyridine rings is 2. The van der Waals surface area contributed by atoms with Crippen LogP contribution in [0.3, 0.4) is 0 Å². The predicted molar refractivity (Wildman–Crippen MR) is 97.7 cm³/mol. The number of nitrogens with zero attached hydrogens (tertiary/aromatic N) is 3. The molecule has 3 heterocycles. The Morgan fingerprint density at radius 2 is 2.16 bits per heavy atom. The molecule has 7 heteroatoms. The van der Waals surface area contributed by atoms with Gasteiger partial charge >= 0.3 is 0 Å². The lowest BCUT2D eigenvalue weighted by atomic mass is 9.93. The predicted octanol–water partition coefficient (Wildman–Crippen LogP) is 2.87. The third kappa shape index (κ3) is 3.70. The van der Waals surface area contributed by atoms with Crippen molar-refractivity contribution < 1.29 is 9.53 Å². The van der Waals surface area contributed by atoms with Crippen molar-refractivity contribution in [2.24, 2.45) is 5.73 Å². The number of amides is 1. The highest BCUT2D eigenvalue weighted by molar-refractivity contribution is 6.30. The molecule has 3 rings (SSSR count). The number of hydrogen-bond acceptors (Lipinski definition) is 5. The van der Waals surface area contributed by atoms with Gasteiger partial charge in [0, 0.05) is 31.4 Å². The van der Waals surface area contributed by atoms with Gasteiger partial charge in [-0.15, -0.1) is 0 Å². The highest BCUT2D eigenvalue weighted by atomic mass is 35.5. The molecule has 6 nitrogen and oxygen atoms in total. The monoisotopic (exact) mass is 362 g/mol. The molecule has 1 aliphatic heterocycles. The second-order valence-corrected chi connectivity index (χ2v) is 7.46. The molecular weight excluding hydrogens is 340 g/mol. The number of aromatic nitrogens is 2. The van der Waals surface area contributed by atoms with Gasteiger partial charge < -0.3 is 15.4 Å². The molecule has 2 aromatic rings. The molecular formula is C18H23ClN4O2. The molecule has 1 fully saturated rings. The van der Waals surface area contributed by atoms with Crippen LogP contribution in [0.15, 0.2) is 18.5 Å². The van der Waals surface area contributed by atoms with E-state index in [4.69, 9.17) is 22.1 Å². The number of rotatable bonds is 4. The lowest BCUT2D eigenvalue weighted by Crippen LogP contribution is -2.37. The van der Waals surface area contributed by atoms with E-state index >= 15 is 0 Å². The molecule has 0 saturated carbocycles. The largest absolute Gasteiger partial charge is 0.475 e. The standard InChI is InChI=1S/C18H23ClN4O2/c1-11(24)23-6-4-5-12(23)10-25-17-14-8-21-16(19)7-13(14)15(9-22-17)18(2,3)20/h7-9,12H,4-6,10,20H2,1-3H3. The van der Waals surface area contributed by atoms with Gasteiger partial charge in [0.25, 0.3) is 0 Å². The number of halogens is 1. The maximum absolute atomic E-state index is 11.7. The summed E-state index contributed by atoms with van der Waals surface area (Å²) in [6.07, 6.45) is 5.33. The van der Waals surface area contributed by atoms with E-state index < -0.39 is 5.54 Å². The fourth-order valence-corrected chi connectivity index (χ4v) is 3.47. The van der Waals surface area contributed by atoms with Crippen LogP contribution in [0.2, 0.25) is 5.15 Å². The number of carbonyl (C=O) groups is 1. The van der Waals surface area contributed by atoms with E-state index in [0.717, 1.165) is 35.7 Å². The normalized spacial score (nSPS) is 18.0. The van der Waals surface area contributed by atoms with Gasteiger partial charge in [0.15, 0.2) is 0 Å². The zero-order valence-corrected chi connectivity index (χ0v) is 15.5. The lowest BCUT2D eigenvalue weighted by molar-refractivity contribution is -0.130. The van der Waals surface area contributed by atoms with Gasteiger partial charge in [0.1, 0.15) is 11.8 Å². The van der Waals surface area contributed by atoms with Gasteiger partial charge in [-0.3, -0.25) is 4.79 Å². The van der Waals surface area contributed by atoms with Crippen LogP contribution in [-0.2, 0) is 10.3 Å². The minimum atomic E-state index is -0.564. The second-order valence-electron chi connectivity index (χ2n) is 7.07. The second kappa shape index (κ2) is 6.77. The van der Waals surface area contributed by atoms with E-state index in [1.807, 2.05) is 18.7 Å². The molecule has 2 N–H and O–H groups in total. The highest BCUT2D eigenvalue weighted by Crippen LogP contribution is 2.32. The average Bonchev–Trinajstić information content (AvgIpc) is 2.99. The van der Waals surface area contributed by atoms with Crippen molar-refractivity contribution in [2.75, 3.05) is 13.2 Å². The number of nitrogens with two attached hydrogens (primary N) is 1. The van der Waals surface area contributed by atoms with Gasteiger partial charge in [-0.1, -0.05) is 11.6 Å². The number of likely N-dealkylation sites (tertiary alicyclic amines) is 1. The molecule has 1 unspecified atom stereocenters. The van der Waals surface area contributed by atoms with Crippen LogP contribution in [0, 0.1) is 0 Å². The first-order valence-electron chi connectivity index (χ1n) is 8.41. The first-order chi connectivity index (χ1) is 11.8. The number of ether oxygens (including phenoxy) is 1. The van der Waals surface area contributed by atoms with E-state index in [1.165, 1.54) is 0 Å². The van der Waals surface area contributed by atoms with Crippen LogP contribution in [0.25, 0.3) is 10.8 Å². The Kier molecular flexibility index (Phi) is 4.84. The summed E-state index contributed by atoms with van der Waals surface area (Å²) in [6.45, 7) is 6.63. The zero-order valence-electron chi connectivity index (χ0n) is 14.8. The van der Waals surface area contributed by atoms with E-state index in [1.54, 1.807) is 25.4 Å². The molecule has 0 aromatic carbocycles. The van der Waals surface area contributed by atoms with Crippen molar-refractivity contribution in [3.05, 3.63) is 29.2 Å². The van der Waals surface area contributed by atoms with Crippen molar-refractivity contribution in [1.82, 2.24) is 14.9 Å². The molecule has 134 valence electrons. The van der Waals surface area contributed by atoms with Gasteiger partial charge in [0.05, 0.1) is 11.4 Å². The molecule has 1 saturated heterocycles. The van der Waals surface area contributed by atoms with Gasteiger partial charge in [-0.25, -0.2) is 9.97 Å². The van der Waals surface area contributed by atoms with Crippen LogP contribution in [0.1, 0.15) is 39.2 Å². The lowest BCUT2D eigenvalue weighted by Gasteiger charge is -2.24. The molecule has 25 heavy (non-hydrogen) atoms. The van der Waals surface area contributed by atoms with Crippen LogP contribution >= 0.6 is 11.6 Å². The Balaban J connectivity index is 1.91. The fraction of sp³-hybridized carbons (Fsp3) is 0.500. The number of carbonyl (C=O) groups excluding carboxylic acids is 1. The minimum absolute atomic E-state index is 0.0811. The van der Waals surface area contributed by atoms with Gasteiger partial charge in [-0.05, 0) is 43.7 Å². The number of fused-ring (bicyclic) bond motifs is 1. The summed E-state index contributed by atoms with van der Waals surface area (Å²) >= 11 is 6.07. The topological polar surface area (TPSA) is 81.3 Å². The first-order valence-corrected chi connectivity index (χ1v) is 8.79. The summed E-state index contributed by atoms with van der Waals surface area (Å²) < 4.78 is 5.96. The Bertz CT molecular complexity index is 803. The molecule has 2 aromatic heterocycles. The smallest absolute Gasteiger partial charge is 0.222 e. The van der Waals surface area contributed by atoms with Crippen molar-refractivity contribution in [3.8, 4) is 5.88 Å². The summed E-state index contributed by atoms with van der Waals surface area (Å²) in [4.78, 5) is 22.1. The summed E-state index contributed by atoms with van der Waals surface area (Å²) in [5.74, 6) is 0.570. The van der Waals surface area contributed by atoms with Crippen LogP contribution in [0.5, 0.6) is 5.88 Å². The molecule has 1 aliphatic rings. The van der Waals surface area contributed by atoms with Crippen molar-refractivity contribution in [3.63, 3.8) is 0 Å². The average molecular weight is 363 g/mol. The quantitative estimate of drug-likeness (QED) is 0.846. The zero-order chi connectivity index (χ0) is 18.2. The molecule has 0 radical (unpaired) electrons. The molecule has 0 spiro atoms. The molecule has 0 bridgehead atoms. The van der Waals surface area contributed by atoms with Crippen LogP contribution < -0.4 is 10.5 Å². The van der Waals surface area contributed by atoms with Gasteiger partial charge in [0.2, 0.25) is 11.8 Å².